The van der Waals surface area contributed by atoms with Crippen molar-refractivity contribution in [2.75, 3.05) is 20.1 Å². The second-order valence-corrected chi connectivity index (χ2v) is 6.18. The van der Waals surface area contributed by atoms with Crippen LogP contribution in [0.25, 0.3) is 0 Å². The molecule has 3 heteroatoms. The topological polar surface area (TPSA) is 32.3 Å². The zero-order chi connectivity index (χ0) is 14.9. The molecular formula is C18H28N2O. The van der Waals surface area contributed by atoms with Crippen LogP contribution >= 0.6 is 0 Å². The molecule has 1 aromatic rings. The molecule has 0 heterocycles. The number of nitrogens with zero attached hydrogens (tertiary/aromatic N) is 1. The third-order valence-corrected chi connectivity index (χ3v) is 4.47. The van der Waals surface area contributed by atoms with Crippen LogP contribution in [0.3, 0.4) is 0 Å². The average molecular weight is 288 g/mol. The molecule has 1 saturated carbocycles. The molecule has 0 saturated heterocycles. The lowest BCUT2D eigenvalue weighted by molar-refractivity contribution is 0.209. The summed E-state index contributed by atoms with van der Waals surface area (Å²) >= 11 is 0. The maximum atomic E-state index is 12.0. The number of hydrogen-bond donors (Lipinski definition) is 1. The first-order chi connectivity index (χ1) is 10.3. The summed E-state index contributed by atoms with van der Waals surface area (Å²) in [5.74, 6) is 0.915. The number of urea groups is 1. The van der Waals surface area contributed by atoms with Gasteiger partial charge in [-0.2, -0.15) is 0 Å². The van der Waals surface area contributed by atoms with Crippen molar-refractivity contribution in [2.24, 2.45) is 5.92 Å². The van der Waals surface area contributed by atoms with Gasteiger partial charge in [0, 0.05) is 20.1 Å². The van der Waals surface area contributed by atoms with Gasteiger partial charge in [0.2, 0.25) is 0 Å². The Labute approximate surface area is 128 Å². The fraction of sp³-hybridized carbons (Fsp3) is 0.611. The van der Waals surface area contributed by atoms with Gasteiger partial charge in [0.05, 0.1) is 0 Å². The van der Waals surface area contributed by atoms with E-state index in [2.05, 4.69) is 17.4 Å². The summed E-state index contributed by atoms with van der Waals surface area (Å²) in [6, 6.07) is 10.4. The molecule has 1 N–H and O–H groups in total. The van der Waals surface area contributed by atoms with E-state index in [9.17, 15) is 4.79 Å². The van der Waals surface area contributed by atoms with Crippen molar-refractivity contribution in [3.63, 3.8) is 0 Å². The molecular weight excluding hydrogens is 260 g/mol. The van der Waals surface area contributed by atoms with Gasteiger partial charge in [0.15, 0.2) is 0 Å². The van der Waals surface area contributed by atoms with Gasteiger partial charge < -0.3 is 10.2 Å². The zero-order valence-corrected chi connectivity index (χ0v) is 13.2. The van der Waals surface area contributed by atoms with E-state index < -0.39 is 0 Å². The van der Waals surface area contributed by atoms with Crippen LogP contribution in [-0.4, -0.2) is 31.1 Å². The molecule has 1 aromatic carbocycles. The molecule has 3 nitrogen and oxygen atoms in total. The normalized spacial score (nSPS) is 15.1. The number of rotatable bonds is 7. The summed E-state index contributed by atoms with van der Waals surface area (Å²) in [5, 5.41) is 3.03. The van der Waals surface area contributed by atoms with Crippen LogP contribution in [0.15, 0.2) is 30.3 Å². The first-order valence-corrected chi connectivity index (χ1v) is 8.28. The molecule has 0 unspecified atom stereocenters. The average Bonchev–Trinajstić information content (AvgIpc) is 3.03. The Morgan fingerprint density at radius 1 is 1.24 bits per heavy atom. The van der Waals surface area contributed by atoms with Crippen LogP contribution in [-0.2, 0) is 6.42 Å². The van der Waals surface area contributed by atoms with E-state index >= 15 is 0 Å². The first kappa shape index (κ1) is 15.9. The van der Waals surface area contributed by atoms with Crippen molar-refractivity contribution in [1.29, 1.82) is 0 Å². The van der Waals surface area contributed by atoms with E-state index in [1.54, 1.807) is 4.90 Å². The van der Waals surface area contributed by atoms with E-state index in [-0.39, 0.29) is 6.03 Å². The molecule has 0 radical (unpaired) electrons. The highest BCUT2D eigenvalue weighted by molar-refractivity contribution is 5.73. The second-order valence-electron chi connectivity index (χ2n) is 6.18. The van der Waals surface area contributed by atoms with Crippen LogP contribution in [0.4, 0.5) is 4.79 Å². The molecule has 116 valence electrons. The van der Waals surface area contributed by atoms with Gasteiger partial charge in [-0.1, -0.05) is 56.0 Å². The number of amides is 2. The summed E-state index contributed by atoms with van der Waals surface area (Å²) < 4.78 is 0. The van der Waals surface area contributed by atoms with Crippen LogP contribution < -0.4 is 5.32 Å². The summed E-state index contributed by atoms with van der Waals surface area (Å²) in [5.41, 5.74) is 1.28. The maximum absolute atomic E-state index is 12.0. The standard InChI is InChI=1S/C18H28N2O/c1-20(15-13-17-8-3-2-4-9-17)18(21)19-14-7-12-16-10-5-6-11-16/h2-4,8-9,16H,5-7,10-15H2,1H3,(H,19,21). The molecule has 1 aliphatic carbocycles. The fourth-order valence-electron chi connectivity index (χ4n) is 3.06. The van der Waals surface area contributed by atoms with Gasteiger partial charge in [-0.3, -0.25) is 0 Å². The van der Waals surface area contributed by atoms with Crippen molar-refractivity contribution < 1.29 is 4.79 Å². The van der Waals surface area contributed by atoms with Gasteiger partial charge in [0.25, 0.3) is 0 Å². The van der Waals surface area contributed by atoms with E-state index in [1.165, 1.54) is 37.7 Å². The van der Waals surface area contributed by atoms with Gasteiger partial charge in [-0.25, -0.2) is 4.79 Å². The first-order valence-electron chi connectivity index (χ1n) is 8.28. The number of carbonyl (C=O) groups is 1. The summed E-state index contributed by atoms with van der Waals surface area (Å²) in [6.45, 7) is 1.57. The predicted molar refractivity (Wildman–Crippen MR) is 87.4 cm³/mol. The van der Waals surface area contributed by atoms with E-state index in [4.69, 9.17) is 0 Å². The molecule has 1 fully saturated rings. The quantitative estimate of drug-likeness (QED) is 0.760. The lowest BCUT2D eigenvalue weighted by Gasteiger charge is -2.18. The van der Waals surface area contributed by atoms with Crippen molar-refractivity contribution >= 4 is 6.03 Å². The minimum Gasteiger partial charge on any atom is -0.338 e. The minimum atomic E-state index is 0.0531. The predicted octanol–water partition coefficient (Wildman–Crippen LogP) is 3.84. The Balaban J connectivity index is 1.56. The van der Waals surface area contributed by atoms with E-state index in [0.29, 0.717) is 0 Å². The molecule has 21 heavy (non-hydrogen) atoms. The van der Waals surface area contributed by atoms with Crippen LogP contribution in [0.2, 0.25) is 0 Å². The zero-order valence-electron chi connectivity index (χ0n) is 13.2. The maximum Gasteiger partial charge on any atom is 0.317 e. The number of nitrogens with one attached hydrogen (secondary N) is 1. The van der Waals surface area contributed by atoms with Crippen molar-refractivity contribution in [1.82, 2.24) is 10.2 Å². The lowest BCUT2D eigenvalue weighted by atomic mass is 10.0. The second kappa shape index (κ2) is 8.71. The molecule has 0 atom stereocenters. The van der Waals surface area contributed by atoms with Crippen molar-refractivity contribution in [3.05, 3.63) is 35.9 Å². The minimum absolute atomic E-state index is 0.0531. The van der Waals surface area contributed by atoms with Gasteiger partial charge in [-0.15, -0.1) is 0 Å². The number of benzene rings is 1. The number of hydrogen-bond acceptors (Lipinski definition) is 1. The molecule has 2 amide bonds. The fourth-order valence-corrected chi connectivity index (χ4v) is 3.06. The van der Waals surface area contributed by atoms with Crippen molar-refractivity contribution in [2.45, 2.75) is 44.9 Å². The smallest absolute Gasteiger partial charge is 0.317 e. The summed E-state index contributed by atoms with van der Waals surface area (Å²) in [4.78, 5) is 13.8. The van der Waals surface area contributed by atoms with Crippen LogP contribution in [0.5, 0.6) is 0 Å². The Hall–Kier alpha value is -1.51. The van der Waals surface area contributed by atoms with Crippen LogP contribution in [0.1, 0.15) is 44.1 Å². The van der Waals surface area contributed by atoms with E-state index in [1.807, 2.05) is 25.2 Å². The monoisotopic (exact) mass is 288 g/mol. The van der Waals surface area contributed by atoms with Gasteiger partial charge in [0.1, 0.15) is 0 Å². The summed E-state index contributed by atoms with van der Waals surface area (Å²) in [6.07, 6.45) is 8.89. The highest BCUT2D eigenvalue weighted by atomic mass is 16.2. The SMILES string of the molecule is CN(CCc1ccccc1)C(=O)NCCCC1CCCC1. The molecule has 0 aromatic heterocycles. The third kappa shape index (κ3) is 5.78. The number of likely N-dealkylation sites (N-methyl/N-ethyl adjacent to an activating group) is 1. The molecule has 0 bridgehead atoms. The highest BCUT2D eigenvalue weighted by Crippen LogP contribution is 2.28. The highest BCUT2D eigenvalue weighted by Gasteiger charge is 2.14. The molecule has 0 spiro atoms. The van der Waals surface area contributed by atoms with Crippen LogP contribution in [0, 0.1) is 5.92 Å². The molecule has 1 aliphatic rings. The Kier molecular flexibility index (Phi) is 6.58. The Morgan fingerprint density at radius 2 is 1.95 bits per heavy atom. The largest absolute Gasteiger partial charge is 0.338 e. The Morgan fingerprint density at radius 3 is 2.67 bits per heavy atom. The lowest BCUT2D eigenvalue weighted by Crippen LogP contribution is -2.38. The van der Waals surface area contributed by atoms with E-state index in [0.717, 1.165) is 31.8 Å². The van der Waals surface area contributed by atoms with Crippen molar-refractivity contribution in [3.8, 4) is 0 Å². The molecule has 2 rings (SSSR count). The molecule has 0 aliphatic heterocycles. The van der Waals surface area contributed by atoms with Gasteiger partial charge in [-0.05, 0) is 30.7 Å². The van der Waals surface area contributed by atoms with Gasteiger partial charge >= 0.3 is 6.03 Å². The summed E-state index contributed by atoms with van der Waals surface area (Å²) in [7, 11) is 1.87. The number of carbonyl (C=O) groups excluding carboxylic acids is 1. The Bertz CT molecular complexity index is 412. The third-order valence-electron chi connectivity index (χ3n) is 4.47.